The summed E-state index contributed by atoms with van der Waals surface area (Å²) in [5.41, 5.74) is 11.9. The first-order valence-corrected chi connectivity index (χ1v) is 18.8. The van der Waals surface area contributed by atoms with Crippen molar-refractivity contribution in [2.45, 2.75) is 26.2 Å². The predicted octanol–water partition coefficient (Wildman–Crippen LogP) is 12.3. The topological polar surface area (TPSA) is 77.3 Å². The van der Waals surface area contributed by atoms with Crippen LogP contribution in [0.3, 0.4) is 0 Å². The standard InChI is InChI=1S/C50H36N6/c1-50(2,3)35-24-31-16-18-36-38(33-26-44(40-12-4-8-20-51-40)55-45(27-33)41-13-5-9-21-52-41)30-39(37-19-17-32(25-35)48(31)49(36)37)34-28-46(42-14-6-10-22-53-42)56-47(29-34)43-15-7-11-23-54-43/h4-30H,1-3H3. The minimum atomic E-state index is 0.00233. The Labute approximate surface area is 325 Å². The van der Waals surface area contributed by atoms with E-state index < -0.39 is 0 Å². The van der Waals surface area contributed by atoms with Gasteiger partial charge in [0.1, 0.15) is 0 Å². The van der Waals surface area contributed by atoms with Crippen LogP contribution >= 0.6 is 0 Å². The van der Waals surface area contributed by atoms with Crippen LogP contribution < -0.4 is 0 Å². The highest BCUT2D eigenvalue weighted by atomic mass is 14.8. The molecule has 0 aliphatic heterocycles. The van der Waals surface area contributed by atoms with E-state index >= 15 is 0 Å². The molecule has 56 heavy (non-hydrogen) atoms. The lowest BCUT2D eigenvalue weighted by Gasteiger charge is -2.23. The molecule has 0 bridgehead atoms. The monoisotopic (exact) mass is 720 g/mol. The summed E-state index contributed by atoms with van der Waals surface area (Å²) in [7, 11) is 0. The quantitative estimate of drug-likeness (QED) is 0.159. The third-order valence-electron chi connectivity index (χ3n) is 10.6. The summed E-state index contributed by atoms with van der Waals surface area (Å²) in [6.07, 6.45) is 7.25. The first kappa shape index (κ1) is 33.4. The first-order chi connectivity index (χ1) is 27.4. The molecule has 0 aliphatic carbocycles. The number of rotatable bonds is 6. The molecular formula is C50H36N6. The minimum absolute atomic E-state index is 0.00233. The molecule has 10 aromatic rings. The molecule has 0 saturated heterocycles. The van der Waals surface area contributed by atoms with Gasteiger partial charge in [0.15, 0.2) is 0 Å². The van der Waals surface area contributed by atoms with Gasteiger partial charge in [0.25, 0.3) is 0 Å². The molecule has 0 radical (unpaired) electrons. The van der Waals surface area contributed by atoms with Crippen LogP contribution in [0.2, 0.25) is 0 Å². The maximum atomic E-state index is 5.12. The van der Waals surface area contributed by atoms with E-state index in [-0.39, 0.29) is 5.41 Å². The van der Waals surface area contributed by atoms with Crippen molar-refractivity contribution < 1.29 is 0 Å². The van der Waals surface area contributed by atoms with E-state index in [1.165, 1.54) is 37.9 Å². The van der Waals surface area contributed by atoms with Crippen LogP contribution in [0.25, 0.3) is 100 Å². The third-order valence-corrected chi connectivity index (χ3v) is 10.6. The third kappa shape index (κ3) is 5.92. The summed E-state index contributed by atoms with van der Waals surface area (Å²) < 4.78 is 0. The van der Waals surface area contributed by atoms with Gasteiger partial charge in [-0.05, 0) is 144 Å². The van der Waals surface area contributed by atoms with Gasteiger partial charge in [0.05, 0.1) is 45.6 Å². The van der Waals surface area contributed by atoms with E-state index in [4.69, 9.17) is 29.9 Å². The van der Waals surface area contributed by atoms with Gasteiger partial charge in [0, 0.05) is 24.8 Å². The van der Waals surface area contributed by atoms with E-state index in [0.29, 0.717) is 0 Å². The molecule has 266 valence electrons. The molecule has 0 amide bonds. The molecule has 6 heteroatoms. The molecule has 6 heterocycles. The molecule has 10 rings (SSSR count). The highest BCUT2D eigenvalue weighted by molar-refractivity contribution is 6.28. The van der Waals surface area contributed by atoms with E-state index in [9.17, 15) is 0 Å². The zero-order valence-corrected chi connectivity index (χ0v) is 31.3. The van der Waals surface area contributed by atoms with E-state index in [0.717, 1.165) is 67.8 Å². The lowest BCUT2D eigenvalue weighted by molar-refractivity contribution is 0.591. The molecule has 0 saturated carbocycles. The van der Waals surface area contributed by atoms with Gasteiger partial charge < -0.3 is 0 Å². The Morgan fingerprint density at radius 3 is 1.05 bits per heavy atom. The van der Waals surface area contributed by atoms with Crippen LogP contribution in [-0.4, -0.2) is 29.9 Å². The normalized spacial score (nSPS) is 11.8. The molecule has 0 aliphatic rings. The van der Waals surface area contributed by atoms with Crippen LogP contribution in [0.1, 0.15) is 26.3 Å². The lowest BCUT2D eigenvalue weighted by atomic mass is 9.81. The summed E-state index contributed by atoms with van der Waals surface area (Å²) in [5.74, 6) is 0. The summed E-state index contributed by atoms with van der Waals surface area (Å²) in [6, 6.07) is 48.6. The van der Waals surface area contributed by atoms with Gasteiger partial charge in [0.2, 0.25) is 0 Å². The molecule has 4 aromatic carbocycles. The average Bonchev–Trinajstić information content (AvgIpc) is 3.25. The van der Waals surface area contributed by atoms with Crippen molar-refractivity contribution in [3.8, 4) is 67.8 Å². The van der Waals surface area contributed by atoms with Crippen molar-refractivity contribution in [1.82, 2.24) is 29.9 Å². The van der Waals surface area contributed by atoms with Gasteiger partial charge in [-0.25, -0.2) is 9.97 Å². The fraction of sp³-hybridized carbons (Fsp3) is 0.0800. The molecule has 0 fully saturated rings. The smallest absolute Gasteiger partial charge is 0.0900 e. The fourth-order valence-electron chi connectivity index (χ4n) is 7.78. The molecule has 0 atom stereocenters. The zero-order valence-electron chi connectivity index (χ0n) is 31.3. The number of hydrogen-bond donors (Lipinski definition) is 0. The Morgan fingerprint density at radius 2 is 0.732 bits per heavy atom. The fourth-order valence-corrected chi connectivity index (χ4v) is 7.78. The number of benzene rings is 4. The largest absolute Gasteiger partial charge is 0.255 e. The molecule has 0 N–H and O–H groups in total. The second-order valence-corrected chi connectivity index (χ2v) is 15.2. The van der Waals surface area contributed by atoms with Gasteiger partial charge in [-0.15, -0.1) is 0 Å². The van der Waals surface area contributed by atoms with Crippen LogP contribution in [0, 0.1) is 0 Å². The number of pyridine rings is 6. The molecule has 0 spiro atoms. The van der Waals surface area contributed by atoms with Crippen molar-refractivity contribution in [3.63, 3.8) is 0 Å². The van der Waals surface area contributed by atoms with Gasteiger partial charge in [-0.3, -0.25) is 19.9 Å². The first-order valence-electron chi connectivity index (χ1n) is 18.8. The Kier molecular flexibility index (Phi) is 7.92. The molecule has 0 unspecified atom stereocenters. The summed E-state index contributed by atoms with van der Waals surface area (Å²) in [5, 5.41) is 7.26. The number of hydrogen-bond acceptors (Lipinski definition) is 6. The number of nitrogens with zero attached hydrogens (tertiary/aromatic N) is 6. The van der Waals surface area contributed by atoms with E-state index in [1.54, 1.807) is 0 Å². The average molecular weight is 721 g/mol. The predicted molar refractivity (Wildman–Crippen MR) is 228 cm³/mol. The second kappa shape index (κ2) is 13.3. The Balaban J connectivity index is 1.32. The minimum Gasteiger partial charge on any atom is -0.255 e. The molecule has 6 nitrogen and oxygen atoms in total. The maximum Gasteiger partial charge on any atom is 0.0900 e. The Hall–Kier alpha value is -7.18. The van der Waals surface area contributed by atoms with E-state index in [1.807, 2.05) is 97.6 Å². The van der Waals surface area contributed by atoms with Crippen LogP contribution in [0.5, 0.6) is 0 Å². The van der Waals surface area contributed by atoms with Crippen LogP contribution in [0.4, 0.5) is 0 Å². The van der Waals surface area contributed by atoms with Crippen molar-refractivity contribution in [1.29, 1.82) is 0 Å². The van der Waals surface area contributed by atoms with Crippen molar-refractivity contribution in [2.24, 2.45) is 0 Å². The highest BCUT2D eigenvalue weighted by Gasteiger charge is 2.22. The van der Waals surface area contributed by atoms with Gasteiger partial charge >= 0.3 is 0 Å². The maximum absolute atomic E-state index is 5.12. The SMILES string of the molecule is CC(C)(C)c1cc2ccc3c(-c4cc(-c5ccccn5)nc(-c5ccccn5)c4)cc(-c4cc(-c5ccccn5)nc(-c5ccccn5)c4)c4ccc(c1)c2c34. The van der Waals surface area contributed by atoms with Gasteiger partial charge in [-0.2, -0.15) is 0 Å². The van der Waals surface area contributed by atoms with Crippen molar-refractivity contribution in [2.75, 3.05) is 0 Å². The Morgan fingerprint density at radius 1 is 0.357 bits per heavy atom. The van der Waals surface area contributed by atoms with Crippen molar-refractivity contribution >= 4 is 32.3 Å². The highest BCUT2D eigenvalue weighted by Crippen LogP contribution is 2.46. The summed E-state index contributed by atoms with van der Waals surface area (Å²) in [6.45, 7) is 6.83. The van der Waals surface area contributed by atoms with Crippen LogP contribution in [-0.2, 0) is 5.41 Å². The summed E-state index contributed by atoms with van der Waals surface area (Å²) >= 11 is 0. The van der Waals surface area contributed by atoms with Crippen LogP contribution in [0.15, 0.2) is 164 Å². The second-order valence-electron chi connectivity index (χ2n) is 15.2. The Bertz CT molecular complexity index is 2720. The zero-order chi connectivity index (χ0) is 37.8. The molecular weight excluding hydrogens is 685 g/mol. The van der Waals surface area contributed by atoms with E-state index in [2.05, 4.69) is 87.5 Å². The van der Waals surface area contributed by atoms with Crippen molar-refractivity contribution in [3.05, 3.63) is 170 Å². The summed E-state index contributed by atoms with van der Waals surface area (Å²) in [4.78, 5) is 29.1. The molecule has 6 aromatic heterocycles. The van der Waals surface area contributed by atoms with Gasteiger partial charge in [-0.1, -0.05) is 81.4 Å². The lowest BCUT2D eigenvalue weighted by Crippen LogP contribution is -2.10. The number of aromatic nitrogens is 6.